The molecular weight excluding hydrogens is 256 g/mol. The zero-order valence-corrected chi connectivity index (χ0v) is 8.92. The van der Waals surface area contributed by atoms with Gasteiger partial charge < -0.3 is 4.55 Å². The molecule has 70 valence electrons. The highest BCUT2D eigenvalue weighted by Gasteiger charge is 1.88. The summed E-state index contributed by atoms with van der Waals surface area (Å²) in [6.07, 6.45) is 0. The van der Waals surface area contributed by atoms with Gasteiger partial charge in [0.1, 0.15) is 5.88 Å². The van der Waals surface area contributed by atoms with E-state index in [1.165, 1.54) is 0 Å². The third-order valence-electron chi connectivity index (χ3n) is 1.18. The summed E-state index contributed by atoms with van der Waals surface area (Å²) in [6.45, 7) is 0. The second kappa shape index (κ2) is 5.21. The van der Waals surface area contributed by atoms with Gasteiger partial charge in [0.2, 0.25) is 0 Å². The lowest BCUT2D eigenvalue weighted by Gasteiger charge is -1.97. The topological polar surface area (TPSA) is 64.8 Å². The first-order chi connectivity index (χ1) is 6.18. The molecule has 6 heteroatoms. The summed E-state index contributed by atoms with van der Waals surface area (Å²) in [4.78, 5) is 0. The predicted octanol–water partition coefficient (Wildman–Crippen LogP) is 2.37. The summed E-state index contributed by atoms with van der Waals surface area (Å²) in [5.74, 6) is -0.296. The fourth-order valence-electron chi connectivity index (χ4n) is 0.665. The van der Waals surface area contributed by atoms with Crippen molar-refractivity contribution in [3.63, 3.8) is 0 Å². The fraction of sp³-hybridized carbons (Fsp3) is 0.143. The molecule has 0 spiro atoms. The molecule has 0 amide bonds. The quantitative estimate of drug-likeness (QED) is 0.620. The highest BCUT2D eigenvalue weighted by atomic mass is 79.9. The Morgan fingerprint density at radius 2 is 2.00 bits per heavy atom. The average molecular weight is 262 g/mol. The lowest BCUT2D eigenvalue weighted by molar-refractivity contribution is 0.536. The van der Waals surface area contributed by atoms with Crippen molar-refractivity contribution >= 4 is 32.7 Å². The summed E-state index contributed by atoms with van der Waals surface area (Å²) >= 11 is 1.10. The molecule has 0 N–H and O–H groups in total. The minimum absolute atomic E-state index is 0.296. The van der Waals surface area contributed by atoms with E-state index in [1.54, 1.807) is 12.1 Å². The Kier molecular flexibility index (Phi) is 4.20. The molecule has 4 nitrogen and oxygen atoms in total. The lowest BCUT2D eigenvalue weighted by atomic mass is 10.3. The maximum absolute atomic E-state index is 10.1. The minimum atomic E-state index is -2.16. The number of halogens is 1. The monoisotopic (exact) mass is 261 g/mol. The van der Waals surface area contributed by atoms with E-state index in [4.69, 9.17) is 0 Å². The van der Waals surface area contributed by atoms with Crippen molar-refractivity contribution in [2.75, 3.05) is 5.88 Å². The van der Waals surface area contributed by atoms with Crippen LogP contribution in [0.25, 0.3) is 0 Å². The van der Waals surface area contributed by atoms with Gasteiger partial charge in [-0.05, 0) is 35.3 Å². The van der Waals surface area contributed by atoms with Crippen molar-refractivity contribution in [3.05, 3.63) is 28.7 Å². The minimum Gasteiger partial charge on any atom is -0.771 e. The lowest BCUT2D eigenvalue weighted by Crippen LogP contribution is -1.88. The van der Waals surface area contributed by atoms with Gasteiger partial charge in [-0.15, -0.1) is 0 Å². The van der Waals surface area contributed by atoms with E-state index in [9.17, 15) is 8.76 Å². The molecule has 0 saturated carbocycles. The maximum atomic E-state index is 10.1. The molecule has 0 aromatic heterocycles. The summed E-state index contributed by atoms with van der Waals surface area (Å²) in [6, 6.07) is 7.09. The van der Waals surface area contributed by atoms with Gasteiger partial charge in [-0.25, -0.2) is 0 Å². The SMILES string of the molecule is O=S([O-])CN=Nc1ccc(Br)cc1. The van der Waals surface area contributed by atoms with E-state index >= 15 is 0 Å². The van der Waals surface area contributed by atoms with Gasteiger partial charge in [0.05, 0.1) is 5.69 Å². The van der Waals surface area contributed by atoms with Crippen molar-refractivity contribution in [1.29, 1.82) is 0 Å². The zero-order chi connectivity index (χ0) is 9.68. The largest absolute Gasteiger partial charge is 0.771 e. The van der Waals surface area contributed by atoms with Crippen molar-refractivity contribution in [3.8, 4) is 0 Å². The average Bonchev–Trinajstić information content (AvgIpc) is 2.08. The maximum Gasteiger partial charge on any atom is 0.122 e. The predicted molar refractivity (Wildman–Crippen MR) is 52.4 cm³/mol. The first-order valence-electron chi connectivity index (χ1n) is 3.37. The second-order valence-corrected chi connectivity index (χ2v) is 3.93. The molecule has 1 aromatic carbocycles. The molecule has 1 rings (SSSR count). The van der Waals surface area contributed by atoms with Crippen LogP contribution < -0.4 is 0 Å². The van der Waals surface area contributed by atoms with Crippen molar-refractivity contribution in [2.45, 2.75) is 0 Å². The van der Waals surface area contributed by atoms with Gasteiger partial charge in [-0.3, -0.25) is 4.21 Å². The molecule has 0 bridgehead atoms. The molecule has 0 heterocycles. The molecule has 0 fully saturated rings. The number of hydrogen-bond acceptors (Lipinski definition) is 4. The fourth-order valence-corrected chi connectivity index (χ4v) is 1.08. The van der Waals surface area contributed by atoms with Crippen LogP contribution in [0.2, 0.25) is 0 Å². The van der Waals surface area contributed by atoms with Crippen LogP contribution in [-0.4, -0.2) is 14.6 Å². The molecule has 0 aliphatic rings. The molecule has 1 unspecified atom stereocenters. The summed E-state index contributed by atoms with van der Waals surface area (Å²) in [5.41, 5.74) is 0.633. The van der Waals surface area contributed by atoms with E-state index in [0.29, 0.717) is 5.69 Å². The number of azo groups is 1. The van der Waals surface area contributed by atoms with E-state index in [-0.39, 0.29) is 5.88 Å². The normalized spacial score (nSPS) is 13.4. The molecule has 0 aliphatic heterocycles. The van der Waals surface area contributed by atoms with Crippen LogP contribution in [0.1, 0.15) is 0 Å². The Labute approximate surface area is 86.5 Å². The molecular formula is C7H6BrN2O2S-. The van der Waals surface area contributed by atoms with Crippen LogP contribution in [0.4, 0.5) is 5.69 Å². The Balaban J connectivity index is 2.59. The second-order valence-electron chi connectivity index (χ2n) is 2.15. The van der Waals surface area contributed by atoms with E-state index < -0.39 is 11.1 Å². The standard InChI is InChI=1S/C7H7BrN2O2S/c8-6-1-3-7(4-2-6)10-9-5-13(11)12/h1-4H,5H2,(H,11,12)/p-1. The van der Waals surface area contributed by atoms with Gasteiger partial charge in [0, 0.05) is 4.47 Å². The molecule has 0 aliphatic carbocycles. The molecule has 13 heavy (non-hydrogen) atoms. The molecule has 1 aromatic rings. The number of nitrogens with zero attached hydrogens (tertiary/aromatic N) is 2. The van der Waals surface area contributed by atoms with Crippen LogP contribution in [0, 0.1) is 0 Å². The van der Waals surface area contributed by atoms with Crippen LogP contribution in [0.15, 0.2) is 39.0 Å². The Bertz CT molecular complexity index is 326. The zero-order valence-electron chi connectivity index (χ0n) is 6.51. The highest BCUT2D eigenvalue weighted by molar-refractivity contribution is 9.10. The van der Waals surface area contributed by atoms with Crippen molar-refractivity contribution in [2.24, 2.45) is 10.2 Å². The van der Waals surface area contributed by atoms with Gasteiger partial charge >= 0.3 is 0 Å². The van der Waals surface area contributed by atoms with Crippen LogP contribution in [0.3, 0.4) is 0 Å². The van der Waals surface area contributed by atoms with Crippen molar-refractivity contribution < 1.29 is 8.76 Å². The summed E-state index contributed by atoms with van der Waals surface area (Å²) < 4.78 is 21.1. The van der Waals surface area contributed by atoms with Gasteiger partial charge in [-0.1, -0.05) is 15.9 Å². The molecule has 1 atom stereocenters. The highest BCUT2D eigenvalue weighted by Crippen LogP contribution is 2.16. The van der Waals surface area contributed by atoms with Crippen LogP contribution in [-0.2, 0) is 11.1 Å². The van der Waals surface area contributed by atoms with E-state index in [1.807, 2.05) is 12.1 Å². The van der Waals surface area contributed by atoms with E-state index in [2.05, 4.69) is 26.2 Å². The number of benzene rings is 1. The van der Waals surface area contributed by atoms with E-state index in [0.717, 1.165) is 4.47 Å². The van der Waals surface area contributed by atoms with Gasteiger partial charge in [0.25, 0.3) is 0 Å². The Hall–Kier alpha value is -0.590. The third kappa shape index (κ3) is 4.25. The first-order valence-corrected chi connectivity index (χ1v) is 5.41. The Morgan fingerprint density at radius 1 is 1.38 bits per heavy atom. The number of hydrogen-bond donors (Lipinski definition) is 0. The molecule has 0 radical (unpaired) electrons. The van der Waals surface area contributed by atoms with Gasteiger partial charge in [0.15, 0.2) is 0 Å². The summed E-state index contributed by atoms with van der Waals surface area (Å²) in [5, 5.41) is 7.17. The van der Waals surface area contributed by atoms with Gasteiger partial charge in [-0.2, -0.15) is 10.2 Å². The van der Waals surface area contributed by atoms with Crippen LogP contribution in [0.5, 0.6) is 0 Å². The smallest absolute Gasteiger partial charge is 0.122 e. The number of rotatable bonds is 3. The molecule has 0 saturated heterocycles. The summed E-state index contributed by atoms with van der Waals surface area (Å²) in [7, 11) is 0. The third-order valence-corrected chi connectivity index (χ3v) is 2.03. The first kappa shape index (κ1) is 10.5. The Morgan fingerprint density at radius 3 is 2.54 bits per heavy atom. The van der Waals surface area contributed by atoms with Crippen LogP contribution >= 0.6 is 15.9 Å². The van der Waals surface area contributed by atoms with Crippen molar-refractivity contribution in [1.82, 2.24) is 0 Å².